The molecule has 26 heavy (non-hydrogen) atoms. The SMILES string of the molecule is CNC1(c2n[nH]c3c2CCC(c2c(Cl)c(OC)cc(OC)c2Cl)C3)CC1. The molecule has 5 nitrogen and oxygen atoms in total. The number of hydrogen-bond acceptors (Lipinski definition) is 4. The van der Waals surface area contributed by atoms with Crippen LogP contribution < -0.4 is 14.8 Å². The van der Waals surface area contributed by atoms with E-state index in [1.807, 2.05) is 7.05 Å². The van der Waals surface area contributed by atoms with Gasteiger partial charge in [-0.15, -0.1) is 0 Å². The number of aromatic amines is 1. The lowest BCUT2D eigenvalue weighted by molar-refractivity contribution is 0.392. The van der Waals surface area contributed by atoms with Crippen LogP contribution in [0.4, 0.5) is 0 Å². The van der Waals surface area contributed by atoms with Gasteiger partial charge in [-0.1, -0.05) is 23.2 Å². The number of halogens is 2. The molecule has 0 spiro atoms. The summed E-state index contributed by atoms with van der Waals surface area (Å²) in [5, 5.41) is 12.5. The molecule has 0 radical (unpaired) electrons. The second-order valence-corrected chi connectivity index (χ2v) is 7.88. The Balaban J connectivity index is 1.70. The number of fused-ring (bicyclic) bond motifs is 1. The molecule has 1 unspecified atom stereocenters. The van der Waals surface area contributed by atoms with Crippen molar-refractivity contribution in [2.24, 2.45) is 0 Å². The molecule has 7 heteroatoms. The number of rotatable bonds is 5. The molecule has 1 aromatic carbocycles. The van der Waals surface area contributed by atoms with E-state index < -0.39 is 0 Å². The predicted octanol–water partition coefficient (Wildman–Crippen LogP) is 4.21. The van der Waals surface area contributed by atoms with Gasteiger partial charge in [0, 0.05) is 17.3 Å². The Labute approximate surface area is 163 Å². The summed E-state index contributed by atoms with van der Waals surface area (Å²) in [4.78, 5) is 0. The van der Waals surface area contributed by atoms with Gasteiger partial charge in [-0.25, -0.2) is 0 Å². The summed E-state index contributed by atoms with van der Waals surface area (Å²) >= 11 is 13.2. The van der Waals surface area contributed by atoms with Gasteiger partial charge in [0.05, 0.1) is 35.5 Å². The average Bonchev–Trinajstić information content (AvgIpc) is 3.34. The Morgan fingerprint density at radius 2 is 1.85 bits per heavy atom. The normalized spacial score (nSPS) is 20.6. The standard InChI is InChI=1S/C19H23Cl2N3O2/c1-22-19(6-7-19)18-11-5-4-10(8-12(11)23-24-18)15-16(20)13(25-2)9-14(26-3)17(15)21/h9-10,22H,4-8H2,1-3H3,(H,23,24). The number of hydrogen-bond donors (Lipinski definition) is 2. The highest BCUT2D eigenvalue weighted by Gasteiger charge is 2.47. The van der Waals surface area contributed by atoms with Crippen molar-refractivity contribution in [2.45, 2.75) is 43.6 Å². The molecule has 1 heterocycles. The second-order valence-electron chi connectivity index (χ2n) is 7.12. The molecule has 0 saturated heterocycles. The summed E-state index contributed by atoms with van der Waals surface area (Å²) in [6, 6.07) is 1.74. The minimum absolute atomic E-state index is 0.0748. The number of nitrogens with zero attached hydrogens (tertiary/aromatic N) is 1. The fourth-order valence-electron chi connectivity index (χ4n) is 4.14. The summed E-state index contributed by atoms with van der Waals surface area (Å²) in [7, 11) is 5.22. The van der Waals surface area contributed by atoms with Crippen LogP contribution in [-0.2, 0) is 18.4 Å². The first-order valence-corrected chi connectivity index (χ1v) is 9.65. The molecule has 4 rings (SSSR count). The summed E-state index contributed by atoms with van der Waals surface area (Å²) in [5.74, 6) is 1.38. The summed E-state index contributed by atoms with van der Waals surface area (Å²) in [6.45, 7) is 0. The van der Waals surface area contributed by atoms with E-state index in [0.717, 1.165) is 37.7 Å². The predicted molar refractivity (Wildman–Crippen MR) is 103 cm³/mol. The van der Waals surface area contributed by atoms with Crippen LogP contribution in [0.15, 0.2) is 6.07 Å². The van der Waals surface area contributed by atoms with Crippen LogP contribution in [0.3, 0.4) is 0 Å². The monoisotopic (exact) mass is 395 g/mol. The number of aromatic nitrogens is 2. The molecule has 140 valence electrons. The molecule has 1 saturated carbocycles. The first kappa shape index (κ1) is 18.0. The second kappa shape index (κ2) is 6.63. The van der Waals surface area contributed by atoms with Crippen LogP contribution in [0.2, 0.25) is 10.0 Å². The van der Waals surface area contributed by atoms with E-state index in [4.69, 9.17) is 32.7 Å². The van der Waals surface area contributed by atoms with Crippen molar-refractivity contribution in [3.8, 4) is 11.5 Å². The topological polar surface area (TPSA) is 59.2 Å². The lowest BCUT2D eigenvalue weighted by atomic mass is 9.81. The van der Waals surface area contributed by atoms with E-state index in [0.29, 0.717) is 21.5 Å². The minimum Gasteiger partial charge on any atom is -0.495 e. The van der Waals surface area contributed by atoms with Crippen LogP contribution in [-0.4, -0.2) is 31.5 Å². The zero-order chi connectivity index (χ0) is 18.5. The van der Waals surface area contributed by atoms with Gasteiger partial charge in [-0.05, 0) is 50.6 Å². The molecule has 1 atom stereocenters. The first-order valence-electron chi connectivity index (χ1n) is 8.90. The Bertz CT molecular complexity index is 818. The van der Waals surface area contributed by atoms with Gasteiger partial charge in [0.25, 0.3) is 0 Å². The quantitative estimate of drug-likeness (QED) is 0.795. The molecule has 0 aliphatic heterocycles. The Kier molecular flexibility index (Phi) is 4.58. The van der Waals surface area contributed by atoms with Crippen molar-refractivity contribution >= 4 is 23.2 Å². The molecule has 1 aromatic heterocycles. The van der Waals surface area contributed by atoms with E-state index in [-0.39, 0.29) is 11.5 Å². The van der Waals surface area contributed by atoms with Crippen molar-refractivity contribution in [1.29, 1.82) is 0 Å². The Hall–Kier alpha value is -1.43. The van der Waals surface area contributed by atoms with E-state index in [2.05, 4.69) is 15.5 Å². The van der Waals surface area contributed by atoms with Gasteiger partial charge < -0.3 is 14.8 Å². The number of benzene rings is 1. The molecular formula is C19H23Cl2N3O2. The van der Waals surface area contributed by atoms with Crippen LogP contribution >= 0.6 is 23.2 Å². The van der Waals surface area contributed by atoms with E-state index in [1.165, 1.54) is 17.0 Å². The lowest BCUT2D eigenvalue weighted by Gasteiger charge is -2.26. The van der Waals surface area contributed by atoms with Gasteiger partial charge >= 0.3 is 0 Å². The highest BCUT2D eigenvalue weighted by molar-refractivity contribution is 6.38. The molecule has 2 aliphatic rings. The van der Waals surface area contributed by atoms with Crippen LogP contribution in [0.25, 0.3) is 0 Å². The van der Waals surface area contributed by atoms with Crippen molar-refractivity contribution in [3.05, 3.63) is 38.6 Å². The van der Waals surface area contributed by atoms with Crippen LogP contribution in [0.1, 0.15) is 47.7 Å². The van der Waals surface area contributed by atoms with Crippen LogP contribution in [0, 0.1) is 0 Å². The maximum Gasteiger partial charge on any atom is 0.141 e. The highest BCUT2D eigenvalue weighted by Crippen LogP contribution is 2.50. The average molecular weight is 396 g/mol. The van der Waals surface area contributed by atoms with Crippen molar-refractivity contribution in [1.82, 2.24) is 15.5 Å². The zero-order valence-electron chi connectivity index (χ0n) is 15.2. The smallest absolute Gasteiger partial charge is 0.141 e. The molecule has 2 aliphatic carbocycles. The van der Waals surface area contributed by atoms with Crippen molar-refractivity contribution in [3.63, 3.8) is 0 Å². The largest absolute Gasteiger partial charge is 0.495 e. The number of nitrogens with one attached hydrogen (secondary N) is 2. The van der Waals surface area contributed by atoms with Gasteiger partial charge in [0.15, 0.2) is 0 Å². The number of H-pyrrole nitrogens is 1. The maximum absolute atomic E-state index is 6.61. The zero-order valence-corrected chi connectivity index (χ0v) is 16.7. The highest BCUT2D eigenvalue weighted by atomic mass is 35.5. The lowest BCUT2D eigenvalue weighted by Crippen LogP contribution is -2.27. The minimum atomic E-state index is 0.0748. The van der Waals surface area contributed by atoms with E-state index in [1.54, 1.807) is 20.3 Å². The molecule has 0 bridgehead atoms. The fourth-order valence-corrected chi connectivity index (χ4v) is 4.95. The molecule has 2 aromatic rings. The number of ether oxygens (including phenoxy) is 2. The van der Waals surface area contributed by atoms with Crippen molar-refractivity contribution in [2.75, 3.05) is 21.3 Å². The van der Waals surface area contributed by atoms with Crippen molar-refractivity contribution < 1.29 is 9.47 Å². The fraction of sp³-hybridized carbons (Fsp3) is 0.526. The third-order valence-electron chi connectivity index (χ3n) is 5.84. The van der Waals surface area contributed by atoms with Gasteiger partial charge in [0.1, 0.15) is 11.5 Å². The summed E-state index contributed by atoms with van der Waals surface area (Å²) in [5.41, 5.74) is 4.71. The molecule has 0 amide bonds. The van der Waals surface area contributed by atoms with Gasteiger partial charge in [-0.2, -0.15) is 5.10 Å². The summed E-state index contributed by atoms with van der Waals surface area (Å²) < 4.78 is 10.8. The third kappa shape index (κ3) is 2.68. The van der Waals surface area contributed by atoms with Gasteiger partial charge in [-0.3, -0.25) is 5.10 Å². The number of methoxy groups -OCH3 is 2. The Morgan fingerprint density at radius 3 is 2.38 bits per heavy atom. The summed E-state index contributed by atoms with van der Waals surface area (Å²) in [6.07, 6.45) is 5.05. The van der Waals surface area contributed by atoms with E-state index in [9.17, 15) is 0 Å². The third-order valence-corrected chi connectivity index (χ3v) is 6.62. The van der Waals surface area contributed by atoms with Gasteiger partial charge in [0.2, 0.25) is 0 Å². The van der Waals surface area contributed by atoms with Crippen LogP contribution in [0.5, 0.6) is 11.5 Å². The van der Waals surface area contributed by atoms with E-state index >= 15 is 0 Å². The molecular weight excluding hydrogens is 373 g/mol. The maximum atomic E-state index is 6.61. The molecule has 1 fully saturated rings. The first-order chi connectivity index (χ1) is 12.5. The Morgan fingerprint density at radius 1 is 1.19 bits per heavy atom. The molecule has 2 N–H and O–H groups in total.